The molecule has 6 rings (SSSR count). The zero-order valence-corrected chi connectivity index (χ0v) is 19.4. The van der Waals surface area contributed by atoms with Crippen molar-refractivity contribution in [1.82, 2.24) is 20.7 Å². The van der Waals surface area contributed by atoms with Crippen LogP contribution in [0.5, 0.6) is 5.75 Å². The van der Waals surface area contributed by atoms with Gasteiger partial charge in [0.25, 0.3) is 0 Å². The van der Waals surface area contributed by atoms with Crippen LogP contribution in [0.1, 0.15) is 62.5 Å². The molecule has 3 aliphatic carbocycles. The third-order valence-electron chi connectivity index (χ3n) is 8.69. The van der Waals surface area contributed by atoms with Gasteiger partial charge >= 0.3 is 0 Å². The molecule has 0 radical (unpaired) electrons. The van der Waals surface area contributed by atoms with Crippen LogP contribution >= 0.6 is 0 Å². The lowest BCUT2D eigenvalue weighted by Gasteiger charge is -2.23. The van der Waals surface area contributed by atoms with Crippen LogP contribution in [0, 0.1) is 17.3 Å². The summed E-state index contributed by atoms with van der Waals surface area (Å²) in [5, 5.41) is 0. The van der Waals surface area contributed by atoms with Crippen molar-refractivity contribution in [3.8, 4) is 5.75 Å². The SMILES string of the molecule is CN(Cc1ccc2c(c1)CN(C(=O)C1CC13CCCC3)CCO2)CC1CC(C2CC2)NN1. The van der Waals surface area contributed by atoms with Crippen LogP contribution in [0.2, 0.25) is 0 Å². The van der Waals surface area contributed by atoms with E-state index < -0.39 is 0 Å². The van der Waals surface area contributed by atoms with Crippen molar-refractivity contribution in [2.75, 3.05) is 26.7 Å². The molecule has 1 aromatic rings. The molecule has 2 heterocycles. The summed E-state index contributed by atoms with van der Waals surface area (Å²) in [6, 6.07) is 7.75. The van der Waals surface area contributed by atoms with E-state index in [9.17, 15) is 4.79 Å². The minimum Gasteiger partial charge on any atom is -0.491 e. The molecule has 1 aromatic carbocycles. The number of likely N-dealkylation sites (N-methyl/N-ethyl adjacent to an activating group) is 1. The molecule has 3 unspecified atom stereocenters. The largest absolute Gasteiger partial charge is 0.491 e. The molecule has 0 aromatic heterocycles. The van der Waals surface area contributed by atoms with Crippen LogP contribution in [0.15, 0.2) is 18.2 Å². The molecule has 3 atom stereocenters. The Morgan fingerprint density at radius 2 is 2.09 bits per heavy atom. The Kier molecular flexibility index (Phi) is 5.43. The Bertz CT molecular complexity index is 863. The van der Waals surface area contributed by atoms with Crippen molar-refractivity contribution in [3.63, 3.8) is 0 Å². The lowest BCUT2D eigenvalue weighted by atomic mass is 10.0. The van der Waals surface area contributed by atoms with Gasteiger partial charge in [-0.1, -0.05) is 18.9 Å². The number of ether oxygens (including phenoxy) is 1. The number of hydrazine groups is 1. The van der Waals surface area contributed by atoms with E-state index in [1.165, 1.54) is 50.5 Å². The van der Waals surface area contributed by atoms with E-state index in [0.717, 1.165) is 36.7 Å². The van der Waals surface area contributed by atoms with Crippen molar-refractivity contribution < 1.29 is 9.53 Å². The van der Waals surface area contributed by atoms with Crippen LogP contribution in [-0.4, -0.2) is 54.5 Å². The minimum atomic E-state index is 0.271. The Balaban J connectivity index is 1.07. The highest BCUT2D eigenvalue weighted by atomic mass is 16.5. The molecule has 1 amide bonds. The fourth-order valence-electron chi connectivity index (χ4n) is 6.61. The second kappa shape index (κ2) is 8.30. The first-order valence-electron chi connectivity index (χ1n) is 12.8. The minimum absolute atomic E-state index is 0.271. The van der Waals surface area contributed by atoms with Crippen molar-refractivity contribution in [2.24, 2.45) is 17.3 Å². The number of hydrogen-bond acceptors (Lipinski definition) is 5. The molecular formula is C26H38N4O2. The third-order valence-corrected chi connectivity index (χ3v) is 8.69. The first-order valence-corrected chi connectivity index (χ1v) is 12.8. The molecule has 1 saturated heterocycles. The number of carbonyl (C=O) groups is 1. The number of nitrogens with one attached hydrogen (secondary N) is 2. The Hall–Kier alpha value is -1.63. The zero-order chi connectivity index (χ0) is 21.7. The van der Waals surface area contributed by atoms with Crippen molar-refractivity contribution >= 4 is 5.91 Å². The maximum atomic E-state index is 13.3. The van der Waals surface area contributed by atoms with Crippen LogP contribution in [0.3, 0.4) is 0 Å². The quantitative estimate of drug-likeness (QED) is 0.715. The maximum absolute atomic E-state index is 13.3. The molecular weight excluding hydrogens is 400 g/mol. The number of amides is 1. The average Bonchev–Trinajstić information content (AvgIpc) is 3.65. The van der Waals surface area contributed by atoms with Crippen molar-refractivity contribution in [3.05, 3.63) is 29.3 Å². The normalized spacial score (nSPS) is 30.9. The molecule has 3 saturated carbocycles. The number of rotatable bonds is 6. The van der Waals surface area contributed by atoms with Gasteiger partial charge in [-0.2, -0.15) is 0 Å². The van der Waals surface area contributed by atoms with Gasteiger partial charge < -0.3 is 14.5 Å². The molecule has 4 fully saturated rings. The van der Waals surface area contributed by atoms with Gasteiger partial charge in [0, 0.05) is 43.2 Å². The van der Waals surface area contributed by atoms with Gasteiger partial charge in [-0.15, -0.1) is 0 Å². The maximum Gasteiger partial charge on any atom is 0.226 e. The fourth-order valence-corrected chi connectivity index (χ4v) is 6.61. The van der Waals surface area contributed by atoms with Gasteiger partial charge in [-0.25, -0.2) is 0 Å². The lowest BCUT2D eigenvalue weighted by Crippen LogP contribution is -2.39. The molecule has 1 spiro atoms. The summed E-state index contributed by atoms with van der Waals surface area (Å²) in [4.78, 5) is 17.7. The van der Waals surface area contributed by atoms with Crippen molar-refractivity contribution in [2.45, 2.75) is 76.5 Å². The van der Waals surface area contributed by atoms with Crippen LogP contribution < -0.4 is 15.6 Å². The van der Waals surface area contributed by atoms with E-state index in [0.29, 0.717) is 43.1 Å². The summed E-state index contributed by atoms with van der Waals surface area (Å²) in [6.07, 6.45) is 10.3. The third kappa shape index (κ3) is 4.17. The van der Waals surface area contributed by atoms with E-state index in [2.05, 4.69) is 45.9 Å². The monoisotopic (exact) mass is 438 g/mol. The average molecular weight is 439 g/mol. The topological polar surface area (TPSA) is 56.8 Å². The summed E-state index contributed by atoms with van der Waals surface area (Å²) in [5.74, 6) is 2.49. The lowest BCUT2D eigenvalue weighted by molar-refractivity contribution is -0.134. The smallest absolute Gasteiger partial charge is 0.226 e. The number of fused-ring (bicyclic) bond motifs is 1. The predicted octanol–water partition coefficient (Wildman–Crippen LogP) is 3.06. The summed E-state index contributed by atoms with van der Waals surface area (Å²) in [6.45, 7) is 3.95. The summed E-state index contributed by atoms with van der Waals surface area (Å²) < 4.78 is 6.03. The number of carbonyl (C=O) groups excluding carboxylic acids is 1. The second-order valence-corrected chi connectivity index (χ2v) is 11.2. The van der Waals surface area contributed by atoms with Gasteiger partial charge in [-0.05, 0) is 74.6 Å². The van der Waals surface area contributed by atoms with Gasteiger partial charge in [0.2, 0.25) is 5.91 Å². The van der Waals surface area contributed by atoms with E-state index >= 15 is 0 Å². The molecule has 5 aliphatic rings. The molecule has 2 aliphatic heterocycles. The zero-order valence-electron chi connectivity index (χ0n) is 19.4. The van der Waals surface area contributed by atoms with E-state index in [1.807, 2.05) is 0 Å². The number of hydrogen-bond donors (Lipinski definition) is 2. The Morgan fingerprint density at radius 3 is 2.91 bits per heavy atom. The molecule has 6 nitrogen and oxygen atoms in total. The fraction of sp³-hybridized carbons (Fsp3) is 0.731. The van der Waals surface area contributed by atoms with Crippen LogP contribution in [-0.2, 0) is 17.9 Å². The van der Waals surface area contributed by atoms with Gasteiger partial charge in [0.05, 0.1) is 6.54 Å². The van der Waals surface area contributed by atoms with E-state index in [4.69, 9.17) is 4.74 Å². The molecule has 0 bridgehead atoms. The number of benzene rings is 1. The summed E-state index contributed by atoms with van der Waals surface area (Å²) in [7, 11) is 2.21. The molecule has 2 N–H and O–H groups in total. The van der Waals surface area contributed by atoms with E-state index in [-0.39, 0.29) is 5.92 Å². The second-order valence-electron chi connectivity index (χ2n) is 11.2. The molecule has 32 heavy (non-hydrogen) atoms. The standard InChI is InChI=1S/C26H38N4O2/c1-29(17-21-13-23(28-27-21)19-5-6-19)15-18-4-7-24-20(12-18)16-30(10-11-32-24)25(31)22-14-26(22)8-2-3-9-26/h4,7,12,19,21-23,27-28H,2-3,5-6,8-11,13-17H2,1H3. The highest BCUT2D eigenvalue weighted by molar-refractivity contribution is 5.83. The Morgan fingerprint density at radius 1 is 1.25 bits per heavy atom. The van der Waals surface area contributed by atoms with E-state index in [1.54, 1.807) is 0 Å². The first kappa shape index (κ1) is 20.9. The van der Waals surface area contributed by atoms with Crippen LogP contribution in [0.25, 0.3) is 0 Å². The summed E-state index contributed by atoms with van der Waals surface area (Å²) in [5.41, 5.74) is 9.83. The van der Waals surface area contributed by atoms with Crippen molar-refractivity contribution in [1.29, 1.82) is 0 Å². The van der Waals surface area contributed by atoms with Gasteiger partial charge in [0.1, 0.15) is 12.4 Å². The molecule has 174 valence electrons. The van der Waals surface area contributed by atoms with Gasteiger partial charge in [-0.3, -0.25) is 15.6 Å². The summed E-state index contributed by atoms with van der Waals surface area (Å²) >= 11 is 0. The highest BCUT2D eigenvalue weighted by Crippen LogP contribution is 2.63. The predicted molar refractivity (Wildman–Crippen MR) is 124 cm³/mol. The highest BCUT2D eigenvalue weighted by Gasteiger charge is 2.59. The van der Waals surface area contributed by atoms with Crippen LogP contribution in [0.4, 0.5) is 0 Å². The number of nitrogens with zero attached hydrogens (tertiary/aromatic N) is 2. The molecule has 6 heteroatoms. The first-order chi connectivity index (χ1) is 15.6. The Labute approximate surface area is 192 Å². The van der Waals surface area contributed by atoms with Gasteiger partial charge in [0.15, 0.2) is 0 Å².